The van der Waals surface area contributed by atoms with Gasteiger partial charge in [-0.25, -0.2) is 4.39 Å². The van der Waals surface area contributed by atoms with Crippen molar-refractivity contribution in [2.75, 3.05) is 17.6 Å². The molecule has 0 saturated heterocycles. The maximum absolute atomic E-state index is 12.9. The van der Waals surface area contributed by atoms with Crippen LogP contribution in [0.4, 0.5) is 28.9 Å². The number of nitrogens with one attached hydrogen (secondary N) is 1. The summed E-state index contributed by atoms with van der Waals surface area (Å²) in [7, 11) is 0. The predicted octanol–water partition coefficient (Wildman–Crippen LogP) is 2.38. The molecule has 3 N–H and O–H groups in total. The van der Waals surface area contributed by atoms with E-state index in [9.17, 15) is 17.6 Å². The maximum atomic E-state index is 12.9. The summed E-state index contributed by atoms with van der Waals surface area (Å²) in [5, 5.41) is 1.92. The zero-order valence-corrected chi connectivity index (χ0v) is 7.03. The van der Waals surface area contributed by atoms with Crippen molar-refractivity contribution in [1.29, 1.82) is 0 Å². The first-order chi connectivity index (χ1) is 6.38. The Kier molecular flexibility index (Phi) is 2.83. The quantitative estimate of drug-likeness (QED) is 0.578. The summed E-state index contributed by atoms with van der Waals surface area (Å²) >= 11 is 0. The molecule has 0 bridgehead atoms. The zero-order chi connectivity index (χ0) is 10.8. The van der Waals surface area contributed by atoms with Crippen molar-refractivity contribution < 1.29 is 17.6 Å². The molecule has 0 fully saturated rings. The summed E-state index contributed by atoms with van der Waals surface area (Å²) in [6.07, 6.45) is -4.37. The van der Waals surface area contributed by atoms with Crippen LogP contribution in [-0.4, -0.2) is 12.7 Å². The molecular formula is C8H8F4N2. The van der Waals surface area contributed by atoms with Crippen molar-refractivity contribution >= 4 is 11.4 Å². The standard InChI is InChI=1S/C8H8F4N2/c9-6-3-5(13)1-2-7(6)14-4-8(10,11)12/h1-3,14H,4,13H2. The van der Waals surface area contributed by atoms with Crippen LogP contribution >= 0.6 is 0 Å². The van der Waals surface area contributed by atoms with E-state index in [1.54, 1.807) is 0 Å². The van der Waals surface area contributed by atoms with Gasteiger partial charge in [-0.15, -0.1) is 0 Å². The van der Waals surface area contributed by atoms with Crippen LogP contribution in [0.1, 0.15) is 0 Å². The minimum Gasteiger partial charge on any atom is -0.399 e. The lowest BCUT2D eigenvalue weighted by atomic mass is 10.2. The van der Waals surface area contributed by atoms with E-state index in [0.717, 1.165) is 12.1 Å². The van der Waals surface area contributed by atoms with Crippen LogP contribution in [0.3, 0.4) is 0 Å². The number of nitrogens with two attached hydrogens (primary N) is 1. The third kappa shape index (κ3) is 3.12. The summed E-state index contributed by atoms with van der Waals surface area (Å²) in [6, 6.07) is 3.44. The second-order valence-corrected chi connectivity index (χ2v) is 2.71. The number of benzene rings is 1. The van der Waals surface area contributed by atoms with Crippen LogP contribution in [0.2, 0.25) is 0 Å². The lowest BCUT2D eigenvalue weighted by Crippen LogP contribution is -2.21. The Balaban J connectivity index is 2.68. The summed E-state index contributed by atoms with van der Waals surface area (Å²) in [4.78, 5) is 0. The molecule has 0 aromatic heterocycles. The number of hydrogen-bond acceptors (Lipinski definition) is 2. The number of alkyl halides is 3. The normalized spacial score (nSPS) is 11.4. The fourth-order valence-corrected chi connectivity index (χ4v) is 0.870. The molecule has 0 saturated carbocycles. The van der Waals surface area contributed by atoms with E-state index in [1.165, 1.54) is 6.07 Å². The van der Waals surface area contributed by atoms with Crippen LogP contribution < -0.4 is 11.1 Å². The van der Waals surface area contributed by atoms with Crippen molar-refractivity contribution in [3.63, 3.8) is 0 Å². The highest BCUT2D eigenvalue weighted by atomic mass is 19.4. The Hall–Kier alpha value is -1.46. The van der Waals surface area contributed by atoms with Gasteiger partial charge in [-0.2, -0.15) is 13.2 Å². The highest BCUT2D eigenvalue weighted by molar-refractivity contribution is 5.52. The summed E-state index contributed by atoms with van der Waals surface area (Å²) in [5.74, 6) is -0.797. The third-order valence-corrected chi connectivity index (χ3v) is 1.47. The summed E-state index contributed by atoms with van der Waals surface area (Å²) in [5.41, 5.74) is 5.17. The molecule has 1 aromatic rings. The van der Waals surface area contributed by atoms with E-state index in [4.69, 9.17) is 5.73 Å². The molecule has 0 radical (unpaired) electrons. The van der Waals surface area contributed by atoms with E-state index in [1.807, 2.05) is 5.32 Å². The van der Waals surface area contributed by atoms with Gasteiger partial charge in [0.2, 0.25) is 0 Å². The molecule has 2 nitrogen and oxygen atoms in total. The maximum Gasteiger partial charge on any atom is 0.405 e. The zero-order valence-electron chi connectivity index (χ0n) is 7.03. The first kappa shape index (κ1) is 10.6. The average Bonchev–Trinajstić information content (AvgIpc) is 2.00. The van der Waals surface area contributed by atoms with Gasteiger partial charge in [-0.05, 0) is 18.2 Å². The first-order valence-corrected chi connectivity index (χ1v) is 3.74. The molecule has 14 heavy (non-hydrogen) atoms. The van der Waals surface area contributed by atoms with E-state index in [-0.39, 0.29) is 11.4 Å². The Morgan fingerprint density at radius 2 is 1.93 bits per heavy atom. The molecule has 0 atom stereocenters. The van der Waals surface area contributed by atoms with Crippen LogP contribution in [0, 0.1) is 5.82 Å². The molecule has 78 valence electrons. The first-order valence-electron chi connectivity index (χ1n) is 3.74. The smallest absolute Gasteiger partial charge is 0.399 e. The number of anilines is 2. The van der Waals surface area contributed by atoms with Gasteiger partial charge >= 0.3 is 6.18 Å². The van der Waals surface area contributed by atoms with Crippen molar-refractivity contribution in [2.24, 2.45) is 0 Å². The largest absolute Gasteiger partial charge is 0.405 e. The summed E-state index contributed by atoms with van der Waals surface area (Å²) in [6.45, 7) is -1.27. The van der Waals surface area contributed by atoms with Gasteiger partial charge in [0.15, 0.2) is 0 Å². The van der Waals surface area contributed by atoms with Gasteiger partial charge < -0.3 is 11.1 Å². The molecule has 6 heteroatoms. The van der Waals surface area contributed by atoms with Crippen molar-refractivity contribution in [3.05, 3.63) is 24.0 Å². The van der Waals surface area contributed by atoms with Gasteiger partial charge in [-0.3, -0.25) is 0 Å². The van der Waals surface area contributed by atoms with Gasteiger partial charge in [0.1, 0.15) is 12.4 Å². The fourth-order valence-electron chi connectivity index (χ4n) is 0.870. The van der Waals surface area contributed by atoms with Gasteiger partial charge in [0.05, 0.1) is 5.69 Å². The minimum atomic E-state index is -4.37. The molecule has 0 aliphatic heterocycles. The van der Waals surface area contributed by atoms with Crippen molar-refractivity contribution in [3.8, 4) is 0 Å². The topological polar surface area (TPSA) is 38.0 Å². The number of nitrogen functional groups attached to an aromatic ring is 1. The number of hydrogen-bond donors (Lipinski definition) is 2. The highest BCUT2D eigenvalue weighted by Gasteiger charge is 2.26. The third-order valence-electron chi connectivity index (χ3n) is 1.47. The molecule has 1 aromatic carbocycles. The van der Waals surface area contributed by atoms with Crippen LogP contribution in [0.15, 0.2) is 18.2 Å². The highest BCUT2D eigenvalue weighted by Crippen LogP contribution is 2.20. The van der Waals surface area contributed by atoms with Crippen molar-refractivity contribution in [1.82, 2.24) is 0 Å². The Morgan fingerprint density at radius 1 is 1.29 bits per heavy atom. The molecule has 0 aliphatic rings. The molecule has 0 heterocycles. The number of halogens is 4. The Bertz CT molecular complexity index is 322. The van der Waals surface area contributed by atoms with E-state index in [2.05, 4.69) is 0 Å². The second-order valence-electron chi connectivity index (χ2n) is 2.71. The summed E-state index contributed by atoms with van der Waals surface area (Å²) < 4.78 is 48.1. The van der Waals surface area contributed by atoms with Crippen LogP contribution in [-0.2, 0) is 0 Å². The van der Waals surface area contributed by atoms with Crippen molar-refractivity contribution in [2.45, 2.75) is 6.18 Å². The van der Waals surface area contributed by atoms with Crippen LogP contribution in [0.5, 0.6) is 0 Å². The Morgan fingerprint density at radius 3 is 2.43 bits per heavy atom. The molecule has 0 spiro atoms. The SMILES string of the molecule is Nc1ccc(NCC(F)(F)F)c(F)c1. The fraction of sp³-hybridized carbons (Fsp3) is 0.250. The molecule has 0 aliphatic carbocycles. The lowest BCUT2D eigenvalue weighted by molar-refractivity contribution is -0.115. The van der Waals surface area contributed by atoms with E-state index >= 15 is 0 Å². The lowest BCUT2D eigenvalue weighted by Gasteiger charge is -2.10. The Labute approximate surface area is 77.7 Å². The average molecular weight is 208 g/mol. The monoisotopic (exact) mass is 208 g/mol. The van der Waals surface area contributed by atoms with Gasteiger partial charge in [-0.1, -0.05) is 0 Å². The molecule has 0 unspecified atom stereocenters. The van der Waals surface area contributed by atoms with Gasteiger partial charge in [0, 0.05) is 5.69 Å². The molecule has 1 rings (SSSR count). The predicted molar refractivity (Wildman–Crippen MR) is 45.4 cm³/mol. The second kappa shape index (κ2) is 3.73. The van der Waals surface area contributed by atoms with Gasteiger partial charge in [0.25, 0.3) is 0 Å². The minimum absolute atomic E-state index is 0.167. The van der Waals surface area contributed by atoms with E-state index < -0.39 is 18.5 Å². The number of rotatable bonds is 2. The van der Waals surface area contributed by atoms with Crippen LogP contribution in [0.25, 0.3) is 0 Å². The van der Waals surface area contributed by atoms with E-state index in [0.29, 0.717) is 0 Å². The molecular weight excluding hydrogens is 200 g/mol. The molecule has 0 amide bonds.